The van der Waals surface area contributed by atoms with E-state index in [4.69, 9.17) is 0 Å². The number of hydrogen-bond acceptors (Lipinski definition) is 0. The van der Waals surface area contributed by atoms with Crippen LogP contribution in [0.2, 0.25) is 0 Å². The minimum Gasteiger partial charge on any atom is -0.207 e. The molecule has 1 atom stereocenters. The first kappa shape index (κ1) is 12.7. The summed E-state index contributed by atoms with van der Waals surface area (Å²) in [5.41, 5.74) is 2.94. The lowest BCUT2D eigenvalue weighted by Crippen LogP contribution is -2.02. The zero-order chi connectivity index (χ0) is 13.1. The standard InChI is InChI=1S/C16H16F2/c1-11-3-5-13(6-4-11)9-12(2)15-8-7-14(17)10-16(15)18/h3-8,10,12H,9H2,1-2H3/t12-/m1/s1. The molecule has 0 aromatic heterocycles. The highest BCUT2D eigenvalue weighted by atomic mass is 19.1. The molecule has 0 unspecified atom stereocenters. The molecule has 0 heterocycles. The summed E-state index contributed by atoms with van der Waals surface area (Å²) in [6.45, 7) is 3.99. The third-order valence-electron chi connectivity index (χ3n) is 3.16. The predicted octanol–water partition coefficient (Wildman–Crippen LogP) is 4.62. The average Bonchev–Trinajstić information content (AvgIpc) is 2.32. The molecule has 94 valence electrons. The van der Waals surface area contributed by atoms with Crippen LogP contribution in [0.3, 0.4) is 0 Å². The number of hydrogen-bond donors (Lipinski definition) is 0. The number of benzene rings is 2. The topological polar surface area (TPSA) is 0 Å². The van der Waals surface area contributed by atoms with Crippen LogP contribution in [0.25, 0.3) is 0 Å². The zero-order valence-corrected chi connectivity index (χ0v) is 10.6. The highest BCUT2D eigenvalue weighted by Crippen LogP contribution is 2.23. The third kappa shape index (κ3) is 2.95. The van der Waals surface area contributed by atoms with Gasteiger partial charge in [-0.2, -0.15) is 0 Å². The van der Waals surface area contributed by atoms with E-state index in [2.05, 4.69) is 0 Å². The zero-order valence-electron chi connectivity index (χ0n) is 10.6. The molecule has 0 saturated carbocycles. The minimum atomic E-state index is -0.529. The lowest BCUT2D eigenvalue weighted by atomic mass is 9.93. The van der Waals surface area contributed by atoms with Crippen molar-refractivity contribution in [2.45, 2.75) is 26.2 Å². The van der Waals surface area contributed by atoms with Crippen molar-refractivity contribution in [1.82, 2.24) is 0 Å². The van der Waals surface area contributed by atoms with Gasteiger partial charge in [0.1, 0.15) is 11.6 Å². The van der Waals surface area contributed by atoms with E-state index in [0.29, 0.717) is 5.56 Å². The van der Waals surface area contributed by atoms with Gasteiger partial charge in [-0.15, -0.1) is 0 Å². The fourth-order valence-corrected chi connectivity index (χ4v) is 2.09. The minimum absolute atomic E-state index is 0.0355. The lowest BCUT2D eigenvalue weighted by molar-refractivity contribution is 0.558. The Bertz CT molecular complexity index is 529. The quantitative estimate of drug-likeness (QED) is 0.741. The first-order chi connectivity index (χ1) is 8.56. The van der Waals surface area contributed by atoms with Crippen molar-refractivity contribution in [3.05, 3.63) is 70.8 Å². The fourth-order valence-electron chi connectivity index (χ4n) is 2.09. The Morgan fingerprint density at radius 3 is 2.28 bits per heavy atom. The molecule has 0 nitrogen and oxygen atoms in total. The van der Waals surface area contributed by atoms with Gasteiger partial charge in [-0.1, -0.05) is 42.8 Å². The van der Waals surface area contributed by atoms with Gasteiger partial charge >= 0.3 is 0 Å². The van der Waals surface area contributed by atoms with E-state index < -0.39 is 11.6 Å². The van der Waals surface area contributed by atoms with E-state index in [-0.39, 0.29) is 5.92 Å². The summed E-state index contributed by atoms with van der Waals surface area (Å²) in [7, 11) is 0. The highest BCUT2D eigenvalue weighted by molar-refractivity contribution is 5.27. The van der Waals surface area contributed by atoms with Crippen molar-refractivity contribution in [3.8, 4) is 0 Å². The van der Waals surface area contributed by atoms with Crippen LogP contribution in [-0.4, -0.2) is 0 Å². The van der Waals surface area contributed by atoms with Gasteiger partial charge in [0.25, 0.3) is 0 Å². The van der Waals surface area contributed by atoms with Gasteiger partial charge < -0.3 is 0 Å². The van der Waals surface area contributed by atoms with Crippen LogP contribution in [0.4, 0.5) is 8.78 Å². The summed E-state index contributed by atoms with van der Waals surface area (Å²) in [6.07, 6.45) is 0.753. The SMILES string of the molecule is Cc1ccc(C[C@@H](C)c2ccc(F)cc2F)cc1. The molecule has 0 fully saturated rings. The predicted molar refractivity (Wildman–Crippen MR) is 69.7 cm³/mol. The Morgan fingerprint density at radius 2 is 1.67 bits per heavy atom. The summed E-state index contributed by atoms with van der Waals surface area (Å²) in [4.78, 5) is 0. The summed E-state index contributed by atoms with van der Waals surface area (Å²) in [5, 5.41) is 0. The van der Waals surface area contributed by atoms with Crippen molar-refractivity contribution >= 4 is 0 Å². The molecule has 0 spiro atoms. The Kier molecular flexibility index (Phi) is 3.75. The maximum atomic E-state index is 13.6. The molecule has 2 aromatic carbocycles. The molecule has 0 amide bonds. The Morgan fingerprint density at radius 1 is 1.00 bits per heavy atom. The maximum absolute atomic E-state index is 13.6. The molecule has 0 bridgehead atoms. The van der Waals surface area contributed by atoms with Crippen molar-refractivity contribution in [1.29, 1.82) is 0 Å². The molecule has 0 saturated heterocycles. The van der Waals surface area contributed by atoms with Crippen LogP contribution in [0.5, 0.6) is 0 Å². The second-order valence-electron chi connectivity index (χ2n) is 4.76. The molecule has 0 aliphatic rings. The van der Waals surface area contributed by atoms with Crippen LogP contribution in [0.1, 0.15) is 29.5 Å². The molecule has 2 heteroatoms. The van der Waals surface area contributed by atoms with Gasteiger partial charge in [0, 0.05) is 6.07 Å². The van der Waals surface area contributed by atoms with Gasteiger partial charge in [-0.3, -0.25) is 0 Å². The maximum Gasteiger partial charge on any atom is 0.129 e. The molecule has 0 N–H and O–H groups in total. The molecule has 0 aliphatic carbocycles. The average molecular weight is 246 g/mol. The van der Waals surface area contributed by atoms with Crippen molar-refractivity contribution < 1.29 is 8.78 Å². The Labute approximate surface area is 106 Å². The van der Waals surface area contributed by atoms with Gasteiger partial charge in [0.2, 0.25) is 0 Å². The summed E-state index contributed by atoms with van der Waals surface area (Å²) in [5.74, 6) is -0.957. The lowest BCUT2D eigenvalue weighted by Gasteiger charge is -2.13. The third-order valence-corrected chi connectivity index (χ3v) is 3.16. The Balaban J connectivity index is 2.16. The van der Waals surface area contributed by atoms with E-state index in [1.807, 2.05) is 38.1 Å². The van der Waals surface area contributed by atoms with Crippen molar-refractivity contribution in [2.24, 2.45) is 0 Å². The molecular formula is C16H16F2. The van der Waals surface area contributed by atoms with Gasteiger partial charge in [-0.25, -0.2) is 8.78 Å². The molecule has 2 rings (SSSR count). The normalized spacial score (nSPS) is 12.4. The van der Waals surface area contributed by atoms with E-state index in [0.717, 1.165) is 18.1 Å². The second-order valence-corrected chi connectivity index (χ2v) is 4.76. The molecule has 0 radical (unpaired) electrons. The van der Waals surface area contributed by atoms with E-state index in [9.17, 15) is 8.78 Å². The molecule has 2 aromatic rings. The van der Waals surface area contributed by atoms with Crippen molar-refractivity contribution in [3.63, 3.8) is 0 Å². The largest absolute Gasteiger partial charge is 0.207 e. The summed E-state index contributed by atoms with van der Waals surface area (Å²) < 4.78 is 26.5. The smallest absolute Gasteiger partial charge is 0.129 e. The second kappa shape index (κ2) is 5.30. The first-order valence-electron chi connectivity index (χ1n) is 6.07. The van der Waals surface area contributed by atoms with Crippen LogP contribution in [-0.2, 0) is 6.42 Å². The Hall–Kier alpha value is -1.70. The number of aryl methyl sites for hydroxylation is 1. The molecule has 0 aliphatic heterocycles. The van der Waals surface area contributed by atoms with Crippen LogP contribution >= 0.6 is 0 Å². The molecular weight excluding hydrogens is 230 g/mol. The van der Waals surface area contributed by atoms with Crippen LogP contribution in [0, 0.1) is 18.6 Å². The number of halogens is 2. The van der Waals surface area contributed by atoms with Crippen LogP contribution < -0.4 is 0 Å². The fraction of sp³-hybridized carbons (Fsp3) is 0.250. The first-order valence-corrected chi connectivity index (χ1v) is 6.07. The van der Waals surface area contributed by atoms with E-state index in [1.54, 1.807) is 0 Å². The number of rotatable bonds is 3. The van der Waals surface area contributed by atoms with Gasteiger partial charge in [0.15, 0.2) is 0 Å². The summed E-state index contributed by atoms with van der Waals surface area (Å²) >= 11 is 0. The van der Waals surface area contributed by atoms with E-state index in [1.165, 1.54) is 17.7 Å². The van der Waals surface area contributed by atoms with Crippen LogP contribution in [0.15, 0.2) is 42.5 Å². The van der Waals surface area contributed by atoms with Crippen molar-refractivity contribution in [2.75, 3.05) is 0 Å². The van der Waals surface area contributed by atoms with Gasteiger partial charge in [0.05, 0.1) is 0 Å². The van der Waals surface area contributed by atoms with Gasteiger partial charge in [-0.05, 0) is 36.5 Å². The van der Waals surface area contributed by atoms with E-state index >= 15 is 0 Å². The molecule has 18 heavy (non-hydrogen) atoms. The monoisotopic (exact) mass is 246 g/mol. The highest BCUT2D eigenvalue weighted by Gasteiger charge is 2.12. The summed E-state index contributed by atoms with van der Waals surface area (Å²) in [6, 6.07) is 12.0.